The van der Waals surface area contributed by atoms with Crippen LogP contribution < -0.4 is 0 Å². The normalized spacial score (nSPS) is 20.8. The van der Waals surface area contributed by atoms with Gasteiger partial charge in [-0.25, -0.2) is 4.79 Å². The fourth-order valence-electron chi connectivity index (χ4n) is 3.71. The molecule has 2 amide bonds. The molecule has 27 heavy (non-hydrogen) atoms. The molecule has 0 saturated carbocycles. The van der Waals surface area contributed by atoms with Crippen LogP contribution >= 0.6 is 0 Å². The van der Waals surface area contributed by atoms with Gasteiger partial charge in [-0.15, -0.1) is 0 Å². The predicted octanol–water partition coefficient (Wildman–Crippen LogP) is 1.78. The quantitative estimate of drug-likeness (QED) is 0.821. The largest absolute Gasteiger partial charge is 0.444 e. The number of ether oxygens (including phenoxy) is 1. The highest BCUT2D eigenvalue weighted by Gasteiger charge is 2.36. The lowest BCUT2D eigenvalue weighted by Crippen LogP contribution is -2.47. The van der Waals surface area contributed by atoms with E-state index in [-0.39, 0.29) is 30.7 Å². The van der Waals surface area contributed by atoms with E-state index in [9.17, 15) is 9.59 Å². The number of aromatic nitrogens is 3. The average molecular weight is 369 g/mol. The van der Waals surface area contributed by atoms with Crippen molar-refractivity contribution in [3.63, 3.8) is 0 Å². The van der Waals surface area contributed by atoms with E-state index in [0.717, 1.165) is 24.1 Å². The van der Waals surface area contributed by atoms with E-state index in [1.807, 2.05) is 36.2 Å². The van der Waals surface area contributed by atoms with Crippen molar-refractivity contribution in [2.75, 3.05) is 19.6 Å². The van der Waals surface area contributed by atoms with Crippen molar-refractivity contribution in [1.82, 2.24) is 24.6 Å². The van der Waals surface area contributed by atoms with E-state index in [1.165, 1.54) is 0 Å². The first-order valence-electron chi connectivity index (χ1n) is 9.29. The molecule has 0 aromatic carbocycles. The molecule has 2 saturated heterocycles. The highest BCUT2D eigenvalue weighted by molar-refractivity contribution is 5.76. The molecule has 2 aromatic heterocycles. The maximum Gasteiger partial charge on any atom is 0.410 e. The van der Waals surface area contributed by atoms with Gasteiger partial charge < -0.3 is 14.5 Å². The molecule has 0 bridgehead atoms. The number of pyridine rings is 1. The molecule has 0 spiro atoms. The van der Waals surface area contributed by atoms with Crippen LogP contribution in [0.5, 0.6) is 0 Å². The smallest absolute Gasteiger partial charge is 0.410 e. The van der Waals surface area contributed by atoms with Gasteiger partial charge in [-0.2, -0.15) is 5.10 Å². The average Bonchev–Trinajstić information content (AvgIpc) is 3.28. The summed E-state index contributed by atoms with van der Waals surface area (Å²) in [5.41, 5.74) is 1.73. The Morgan fingerprint density at radius 2 is 2.11 bits per heavy atom. The van der Waals surface area contributed by atoms with E-state index in [1.54, 1.807) is 22.0 Å². The van der Waals surface area contributed by atoms with Crippen molar-refractivity contribution in [3.05, 3.63) is 36.8 Å². The van der Waals surface area contributed by atoms with E-state index in [4.69, 9.17) is 4.74 Å². The number of hydrogen-bond donors (Lipinski definition) is 0. The van der Waals surface area contributed by atoms with Gasteiger partial charge in [0.1, 0.15) is 12.6 Å². The van der Waals surface area contributed by atoms with Crippen molar-refractivity contribution in [2.45, 2.75) is 38.5 Å². The Balaban J connectivity index is 1.31. The first-order valence-corrected chi connectivity index (χ1v) is 9.29. The van der Waals surface area contributed by atoms with Crippen molar-refractivity contribution < 1.29 is 14.3 Å². The number of nitrogens with zero attached hydrogens (tertiary/aromatic N) is 5. The summed E-state index contributed by atoms with van der Waals surface area (Å²) in [4.78, 5) is 32.2. The number of cyclic esters (lactones) is 1. The molecule has 0 radical (unpaired) electrons. The Morgan fingerprint density at radius 3 is 2.78 bits per heavy atom. The Hall–Kier alpha value is -2.90. The topological polar surface area (TPSA) is 80.6 Å². The summed E-state index contributed by atoms with van der Waals surface area (Å²) in [6.07, 6.45) is 6.58. The van der Waals surface area contributed by atoms with Crippen LogP contribution in [-0.4, -0.2) is 68.3 Å². The molecule has 2 aliphatic rings. The molecular formula is C19H23N5O3. The fourth-order valence-corrected chi connectivity index (χ4v) is 3.71. The number of carbonyl (C=O) groups is 2. The minimum Gasteiger partial charge on any atom is -0.444 e. The Bertz CT molecular complexity index is 814. The second-order valence-electron chi connectivity index (χ2n) is 7.10. The third-order valence-electron chi connectivity index (χ3n) is 5.14. The van der Waals surface area contributed by atoms with Crippen LogP contribution in [0.15, 0.2) is 36.8 Å². The van der Waals surface area contributed by atoms with E-state index < -0.39 is 0 Å². The summed E-state index contributed by atoms with van der Waals surface area (Å²) in [7, 11) is 0. The summed E-state index contributed by atoms with van der Waals surface area (Å²) in [5.74, 6) is 0.0478. The minimum atomic E-state index is -0.230. The van der Waals surface area contributed by atoms with Crippen molar-refractivity contribution >= 4 is 12.0 Å². The molecule has 4 heterocycles. The van der Waals surface area contributed by atoms with Crippen LogP contribution in [0, 0.1) is 0 Å². The van der Waals surface area contributed by atoms with Gasteiger partial charge in [0, 0.05) is 43.3 Å². The van der Waals surface area contributed by atoms with Crippen LogP contribution in [0.25, 0.3) is 11.3 Å². The van der Waals surface area contributed by atoms with Gasteiger partial charge in [0.2, 0.25) is 5.91 Å². The van der Waals surface area contributed by atoms with Gasteiger partial charge in [-0.3, -0.25) is 14.5 Å². The van der Waals surface area contributed by atoms with Gasteiger partial charge >= 0.3 is 6.09 Å². The highest BCUT2D eigenvalue weighted by Crippen LogP contribution is 2.22. The molecule has 8 heteroatoms. The van der Waals surface area contributed by atoms with Gasteiger partial charge in [0.25, 0.3) is 0 Å². The van der Waals surface area contributed by atoms with Crippen LogP contribution in [0.4, 0.5) is 4.79 Å². The number of hydrogen-bond acceptors (Lipinski definition) is 5. The van der Waals surface area contributed by atoms with Crippen LogP contribution in [0.3, 0.4) is 0 Å². The van der Waals surface area contributed by atoms with Crippen molar-refractivity contribution in [1.29, 1.82) is 0 Å². The van der Waals surface area contributed by atoms with E-state index in [2.05, 4.69) is 10.1 Å². The molecule has 2 aromatic rings. The zero-order chi connectivity index (χ0) is 18.8. The zero-order valence-corrected chi connectivity index (χ0v) is 15.3. The molecule has 142 valence electrons. The summed E-state index contributed by atoms with van der Waals surface area (Å²) in [6.45, 7) is 4.06. The van der Waals surface area contributed by atoms with Crippen LogP contribution in [0.2, 0.25) is 0 Å². The number of carbonyl (C=O) groups excluding carboxylic acids is 2. The van der Waals surface area contributed by atoms with Gasteiger partial charge in [-0.1, -0.05) is 0 Å². The molecule has 1 atom stereocenters. The monoisotopic (exact) mass is 369 g/mol. The SMILES string of the molecule is CC1CN(C2CCN(C(=O)Cn3ccc(-c4cccnc4)n3)CC2)C(=O)O1. The minimum absolute atomic E-state index is 0.0478. The number of piperidine rings is 1. The third-order valence-corrected chi connectivity index (χ3v) is 5.14. The summed E-state index contributed by atoms with van der Waals surface area (Å²) in [5, 5.41) is 4.47. The maximum atomic E-state index is 12.6. The van der Waals surface area contributed by atoms with Crippen molar-refractivity contribution in [3.8, 4) is 11.3 Å². The fraction of sp³-hybridized carbons (Fsp3) is 0.474. The second-order valence-corrected chi connectivity index (χ2v) is 7.10. The summed E-state index contributed by atoms with van der Waals surface area (Å²) < 4.78 is 6.87. The number of rotatable bonds is 4. The molecule has 2 aliphatic heterocycles. The Morgan fingerprint density at radius 1 is 1.30 bits per heavy atom. The lowest BCUT2D eigenvalue weighted by Gasteiger charge is -2.35. The molecule has 1 unspecified atom stereocenters. The van der Waals surface area contributed by atoms with Crippen LogP contribution in [-0.2, 0) is 16.1 Å². The van der Waals surface area contributed by atoms with Crippen molar-refractivity contribution in [2.24, 2.45) is 0 Å². The predicted molar refractivity (Wildman–Crippen MR) is 97.7 cm³/mol. The number of likely N-dealkylation sites (tertiary alicyclic amines) is 1. The summed E-state index contributed by atoms with van der Waals surface area (Å²) >= 11 is 0. The maximum absolute atomic E-state index is 12.6. The Kier molecular flexibility index (Phi) is 4.79. The molecule has 2 fully saturated rings. The standard InChI is InChI=1S/C19H23N5O3/c1-14-12-24(19(26)27-14)16-4-8-22(9-5-16)18(25)13-23-10-6-17(21-23)15-3-2-7-20-11-15/h2-3,6-7,10-11,14,16H,4-5,8-9,12-13H2,1H3. The Labute approximate surface area is 157 Å². The van der Waals surface area contributed by atoms with Gasteiger partial charge in [-0.05, 0) is 38.0 Å². The van der Waals surface area contributed by atoms with Crippen LogP contribution in [0.1, 0.15) is 19.8 Å². The van der Waals surface area contributed by atoms with Gasteiger partial charge in [0.05, 0.1) is 12.2 Å². The first-order chi connectivity index (χ1) is 13.1. The van der Waals surface area contributed by atoms with Gasteiger partial charge in [0.15, 0.2) is 0 Å². The molecule has 0 aliphatic carbocycles. The third kappa shape index (κ3) is 3.79. The van der Waals surface area contributed by atoms with E-state index in [0.29, 0.717) is 19.6 Å². The molecule has 8 nitrogen and oxygen atoms in total. The summed E-state index contributed by atoms with van der Waals surface area (Å²) in [6, 6.07) is 5.85. The lowest BCUT2D eigenvalue weighted by atomic mass is 10.0. The molecule has 4 rings (SSSR count). The first kappa shape index (κ1) is 17.5. The molecular weight excluding hydrogens is 346 g/mol. The highest BCUT2D eigenvalue weighted by atomic mass is 16.6. The zero-order valence-electron chi connectivity index (χ0n) is 15.3. The van der Waals surface area contributed by atoms with E-state index >= 15 is 0 Å². The number of amides is 2. The molecule has 0 N–H and O–H groups in total. The second kappa shape index (κ2) is 7.38. The lowest BCUT2D eigenvalue weighted by molar-refractivity contribution is -0.133.